The Labute approximate surface area is 95.6 Å². The van der Waals surface area contributed by atoms with Crippen LogP contribution in [0.2, 0.25) is 0 Å². The number of aliphatic hydroxyl groups excluding tert-OH is 1. The van der Waals surface area contributed by atoms with Crippen LogP contribution in [-0.4, -0.2) is 11.7 Å². The summed E-state index contributed by atoms with van der Waals surface area (Å²) >= 11 is 0. The first kappa shape index (κ1) is 11.3. The third kappa shape index (κ3) is 2.33. The van der Waals surface area contributed by atoms with Crippen molar-refractivity contribution in [1.82, 2.24) is 0 Å². The topological polar surface area (TPSA) is 20.2 Å². The summed E-state index contributed by atoms with van der Waals surface area (Å²) in [7, 11) is 0. The zero-order chi connectivity index (χ0) is 11.4. The van der Waals surface area contributed by atoms with E-state index < -0.39 is 0 Å². The monoisotopic (exact) mass is 220 g/mol. The van der Waals surface area contributed by atoms with E-state index in [0.29, 0.717) is 5.56 Å². The van der Waals surface area contributed by atoms with Crippen LogP contribution in [0.5, 0.6) is 0 Å². The van der Waals surface area contributed by atoms with Crippen LogP contribution in [0, 0.1) is 5.82 Å². The maximum absolute atomic E-state index is 13.7. The summed E-state index contributed by atoms with van der Waals surface area (Å²) in [5, 5.41) is 9.36. The largest absolute Gasteiger partial charge is 0.392 e. The first-order valence-corrected chi connectivity index (χ1v) is 5.89. The molecule has 0 atom stereocenters. The number of hydrogen-bond acceptors (Lipinski definition) is 1. The van der Waals surface area contributed by atoms with E-state index in [4.69, 9.17) is 0 Å². The van der Waals surface area contributed by atoms with E-state index in [1.807, 2.05) is 12.1 Å². The Hall–Kier alpha value is -1.15. The summed E-state index contributed by atoms with van der Waals surface area (Å²) in [6.45, 7) is 0.0592. The van der Waals surface area contributed by atoms with Crippen molar-refractivity contribution in [3.8, 4) is 0 Å². The Balaban J connectivity index is 2.42. The van der Waals surface area contributed by atoms with Crippen LogP contribution in [0.25, 0.3) is 5.57 Å². The summed E-state index contributed by atoms with van der Waals surface area (Å²) < 4.78 is 13.7. The number of aliphatic hydroxyl groups is 1. The van der Waals surface area contributed by atoms with E-state index >= 15 is 0 Å². The Morgan fingerprint density at radius 1 is 1.06 bits per heavy atom. The van der Waals surface area contributed by atoms with E-state index in [1.54, 1.807) is 6.07 Å². The van der Waals surface area contributed by atoms with Crippen molar-refractivity contribution in [2.75, 3.05) is 6.61 Å². The van der Waals surface area contributed by atoms with Crippen molar-refractivity contribution < 1.29 is 9.50 Å². The minimum Gasteiger partial charge on any atom is -0.392 e. The van der Waals surface area contributed by atoms with Crippen LogP contribution in [-0.2, 0) is 0 Å². The minimum absolute atomic E-state index is 0.0592. The summed E-state index contributed by atoms with van der Waals surface area (Å²) in [5.41, 5.74) is 2.72. The molecule has 0 heterocycles. The molecule has 0 radical (unpaired) electrons. The molecule has 2 rings (SSSR count). The fourth-order valence-corrected chi connectivity index (χ4v) is 2.35. The van der Waals surface area contributed by atoms with Gasteiger partial charge in [0, 0.05) is 5.56 Å². The molecule has 16 heavy (non-hydrogen) atoms. The first-order valence-electron chi connectivity index (χ1n) is 5.89. The molecule has 0 saturated carbocycles. The summed E-state index contributed by atoms with van der Waals surface area (Å²) in [4.78, 5) is 0. The van der Waals surface area contributed by atoms with E-state index in [2.05, 4.69) is 0 Å². The molecule has 1 nitrogen and oxygen atoms in total. The standard InChI is InChI=1S/C14H17FO/c15-14-9-5-4-8-13(14)12-7-3-1-2-6-11(12)10-16/h4-5,8-9,16H,1-3,6-7,10H2. The molecule has 0 unspecified atom stereocenters. The van der Waals surface area contributed by atoms with Gasteiger partial charge in [0.2, 0.25) is 0 Å². The van der Waals surface area contributed by atoms with Crippen molar-refractivity contribution in [1.29, 1.82) is 0 Å². The van der Waals surface area contributed by atoms with Gasteiger partial charge >= 0.3 is 0 Å². The number of halogens is 1. The normalized spacial score (nSPS) is 17.4. The van der Waals surface area contributed by atoms with Gasteiger partial charge in [-0.1, -0.05) is 24.6 Å². The number of hydrogen-bond donors (Lipinski definition) is 1. The summed E-state index contributed by atoms with van der Waals surface area (Å²) in [6.07, 6.45) is 5.15. The number of rotatable bonds is 2. The molecule has 1 aromatic rings. The molecule has 2 heteroatoms. The van der Waals surface area contributed by atoms with Gasteiger partial charge in [-0.25, -0.2) is 4.39 Å². The smallest absolute Gasteiger partial charge is 0.130 e. The van der Waals surface area contributed by atoms with Gasteiger partial charge in [-0.3, -0.25) is 0 Å². The SMILES string of the molecule is OCC1=C(c2ccccc2F)CCCCC1. The lowest BCUT2D eigenvalue weighted by molar-refractivity contribution is 0.326. The fourth-order valence-electron chi connectivity index (χ4n) is 2.35. The van der Waals surface area contributed by atoms with E-state index in [1.165, 1.54) is 12.5 Å². The second-order valence-corrected chi connectivity index (χ2v) is 4.28. The highest BCUT2D eigenvalue weighted by molar-refractivity contribution is 5.69. The van der Waals surface area contributed by atoms with Crippen molar-refractivity contribution in [3.05, 3.63) is 41.2 Å². The van der Waals surface area contributed by atoms with Gasteiger partial charge in [-0.2, -0.15) is 0 Å². The van der Waals surface area contributed by atoms with Gasteiger partial charge in [0.05, 0.1) is 6.61 Å². The predicted octanol–water partition coefficient (Wildman–Crippen LogP) is 3.54. The highest BCUT2D eigenvalue weighted by atomic mass is 19.1. The molecule has 0 fully saturated rings. The molecule has 0 bridgehead atoms. The number of allylic oxidation sites excluding steroid dienone is 1. The Morgan fingerprint density at radius 2 is 1.81 bits per heavy atom. The summed E-state index contributed by atoms with van der Waals surface area (Å²) in [6, 6.07) is 6.86. The van der Waals surface area contributed by atoms with Crippen molar-refractivity contribution in [3.63, 3.8) is 0 Å². The van der Waals surface area contributed by atoms with Crippen molar-refractivity contribution in [2.45, 2.75) is 32.1 Å². The Morgan fingerprint density at radius 3 is 2.56 bits per heavy atom. The van der Waals surface area contributed by atoms with Gasteiger partial charge in [-0.15, -0.1) is 0 Å². The van der Waals surface area contributed by atoms with Crippen molar-refractivity contribution >= 4 is 5.57 Å². The van der Waals surface area contributed by atoms with E-state index in [-0.39, 0.29) is 12.4 Å². The second kappa shape index (κ2) is 5.26. The van der Waals surface area contributed by atoms with Gasteiger partial charge in [0.15, 0.2) is 0 Å². The molecule has 0 spiro atoms. The molecule has 86 valence electrons. The predicted molar refractivity (Wildman–Crippen MR) is 63.5 cm³/mol. The van der Waals surface area contributed by atoms with Crippen LogP contribution >= 0.6 is 0 Å². The van der Waals surface area contributed by atoms with Crippen LogP contribution in [0.3, 0.4) is 0 Å². The van der Waals surface area contributed by atoms with Gasteiger partial charge < -0.3 is 5.11 Å². The molecule has 0 saturated heterocycles. The molecular weight excluding hydrogens is 203 g/mol. The molecule has 0 amide bonds. The molecule has 0 aromatic heterocycles. The van der Waals surface area contributed by atoms with Crippen LogP contribution in [0.15, 0.2) is 29.8 Å². The zero-order valence-electron chi connectivity index (χ0n) is 9.38. The Kier molecular flexibility index (Phi) is 3.73. The van der Waals surface area contributed by atoms with Gasteiger partial charge in [-0.05, 0) is 42.9 Å². The van der Waals surface area contributed by atoms with Crippen LogP contribution in [0.1, 0.15) is 37.7 Å². The molecule has 1 aliphatic carbocycles. The zero-order valence-corrected chi connectivity index (χ0v) is 9.38. The van der Waals surface area contributed by atoms with Crippen LogP contribution in [0.4, 0.5) is 4.39 Å². The molecule has 0 aliphatic heterocycles. The summed E-state index contributed by atoms with van der Waals surface area (Å²) in [5.74, 6) is -0.176. The lowest BCUT2D eigenvalue weighted by Gasteiger charge is -2.11. The van der Waals surface area contributed by atoms with E-state index in [9.17, 15) is 9.50 Å². The lowest BCUT2D eigenvalue weighted by atomic mass is 9.96. The Bertz CT molecular complexity index is 395. The van der Waals surface area contributed by atoms with Crippen molar-refractivity contribution in [2.24, 2.45) is 0 Å². The molecular formula is C14H17FO. The maximum Gasteiger partial charge on any atom is 0.130 e. The van der Waals surface area contributed by atoms with E-state index in [0.717, 1.165) is 36.8 Å². The lowest BCUT2D eigenvalue weighted by Crippen LogP contribution is -1.97. The highest BCUT2D eigenvalue weighted by Gasteiger charge is 2.14. The van der Waals surface area contributed by atoms with Gasteiger partial charge in [0.1, 0.15) is 5.82 Å². The maximum atomic E-state index is 13.7. The fraction of sp³-hybridized carbons (Fsp3) is 0.429. The highest BCUT2D eigenvalue weighted by Crippen LogP contribution is 2.32. The second-order valence-electron chi connectivity index (χ2n) is 4.28. The average molecular weight is 220 g/mol. The molecule has 1 aromatic carbocycles. The molecule has 1 aliphatic rings. The third-order valence-corrected chi connectivity index (χ3v) is 3.22. The number of benzene rings is 1. The van der Waals surface area contributed by atoms with Crippen LogP contribution < -0.4 is 0 Å². The molecule has 1 N–H and O–H groups in total. The quantitative estimate of drug-likeness (QED) is 0.808. The minimum atomic E-state index is -0.176. The average Bonchev–Trinajstić information content (AvgIpc) is 2.54. The third-order valence-electron chi connectivity index (χ3n) is 3.22. The van der Waals surface area contributed by atoms with Gasteiger partial charge in [0.25, 0.3) is 0 Å². The first-order chi connectivity index (χ1) is 7.83.